The fraction of sp³-hybridized carbons (Fsp3) is 0.0909. The third kappa shape index (κ3) is 3.29. The molecule has 0 aliphatic carbocycles. The molecule has 0 aliphatic rings. The largest absolute Gasteiger partial charge is 0.319 e. The fourth-order valence-electron chi connectivity index (χ4n) is 1.51. The minimum Gasteiger partial charge on any atom is -0.319 e. The molecule has 9 heteroatoms. The normalized spacial score (nSPS) is 11.3. The SMILES string of the molecule is Cc1cc(S(=O)(=O)Cl)cc(Cl)c1NC(=O)c1cscn1. The first kappa shape index (κ1) is 15.2. The Balaban J connectivity index is 2.37. The van der Waals surface area contributed by atoms with Gasteiger partial charge in [0.15, 0.2) is 0 Å². The summed E-state index contributed by atoms with van der Waals surface area (Å²) >= 11 is 7.28. The van der Waals surface area contributed by atoms with Gasteiger partial charge in [-0.1, -0.05) is 11.6 Å². The number of nitrogens with one attached hydrogen (secondary N) is 1. The first-order valence-corrected chi connectivity index (χ1v) is 8.86. The Morgan fingerprint density at radius 2 is 2.10 bits per heavy atom. The second kappa shape index (κ2) is 5.69. The summed E-state index contributed by atoms with van der Waals surface area (Å²) < 4.78 is 22.5. The van der Waals surface area contributed by atoms with Crippen molar-refractivity contribution in [2.24, 2.45) is 0 Å². The number of hydrogen-bond acceptors (Lipinski definition) is 5. The molecule has 1 N–H and O–H groups in total. The number of nitrogens with zero attached hydrogens (tertiary/aromatic N) is 1. The van der Waals surface area contributed by atoms with Crippen LogP contribution < -0.4 is 5.32 Å². The highest BCUT2D eigenvalue weighted by atomic mass is 35.7. The molecule has 0 aliphatic heterocycles. The van der Waals surface area contributed by atoms with E-state index in [9.17, 15) is 13.2 Å². The van der Waals surface area contributed by atoms with Crippen molar-refractivity contribution in [1.82, 2.24) is 4.98 Å². The van der Waals surface area contributed by atoms with Crippen LogP contribution in [0.2, 0.25) is 5.02 Å². The van der Waals surface area contributed by atoms with E-state index in [1.165, 1.54) is 29.0 Å². The Morgan fingerprint density at radius 3 is 2.60 bits per heavy atom. The van der Waals surface area contributed by atoms with Crippen molar-refractivity contribution in [3.05, 3.63) is 39.3 Å². The number of aromatic nitrogens is 1. The maximum atomic E-state index is 11.9. The number of aryl methyl sites for hydroxylation is 1. The quantitative estimate of drug-likeness (QED) is 0.861. The summed E-state index contributed by atoms with van der Waals surface area (Å²) in [5.41, 5.74) is 2.61. The number of halogens is 2. The molecule has 1 aromatic carbocycles. The van der Waals surface area contributed by atoms with Crippen molar-refractivity contribution >= 4 is 54.3 Å². The van der Waals surface area contributed by atoms with Crippen LogP contribution >= 0.6 is 33.6 Å². The molecule has 1 amide bonds. The van der Waals surface area contributed by atoms with Gasteiger partial charge in [-0.15, -0.1) is 11.3 Å². The van der Waals surface area contributed by atoms with Crippen molar-refractivity contribution in [2.45, 2.75) is 11.8 Å². The van der Waals surface area contributed by atoms with Gasteiger partial charge in [0.1, 0.15) is 5.69 Å². The fourth-order valence-corrected chi connectivity index (χ4v) is 3.27. The van der Waals surface area contributed by atoms with Crippen molar-refractivity contribution in [2.75, 3.05) is 5.32 Å². The van der Waals surface area contributed by atoms with Crippen molar-refractivity contribution < 1.29 is 13.2 Å². The maximum absolute atomic E-state index is 11.9. The van der Waals surface area contributed by atoms with Crippen LogP contribution in [0.15, 0.2) is 27.9 Å². The predicted molar refractivity (Wildman–Crippen MR) is 79.3 cm³/mol. The zero-order valence-electron chi connectivity index (χ0n) is 10.1. The third-order valence-electron chi connectivity index (χ3n) is 2.45. The topological polar surface area (TPSA) is 76.1 Å². The number of carbonyl (C=O) groups excluding carboxylic acids is 1. The highest BCUT2D eigenvalue weighted by molar-refractivity contribution is 8.13. The van der Waals surface area contributed by atoms with Crippen LogP contribution in [0.1, 0.15) is 16.1 Å². The van der Waals surface area contributed by atoms with Crippen LogP contribution in [0.4, 0.5) is 5.69 Å². The Kier molecular flexibility index (Phi) is 4.33. The number of hydrogen-bond donors (Lipinski definition) is 1. The lowest BCUT2D eigenvalue weighted by Crippen LogP contribution is -2.13. The maximum Gasteiger partial charge on any atom is 0.275 e. The highest BCUT2D eigenvalue weighted by Crippen LogP contribution is 2.31. The number of thiazole rings is 1. The number of rotatable bonds is 3. The number of anilines is 1. The van der Waals surface area contributed by atoms with Crippen LogP contribution in [0.25, 0.3) is 0 Å². The summed E-state index contributed by atoms with van der Waals surface area (Å²) in [7, 11) is 1.39. The van der Waals surface area contributed by atoms with E-state index < -0.39 is 15.0 Å². The van der Waals surface area contributed by atoms with Crippen LogP contribution in [-0.2, 0) is 9.05 Å². The summed E-state index contributed by atoms with van der Waals surface area (Å²) in [6.07, 6.45) is 0. The molecule has 0 saturated heterocycles. The van der Waals surface area contributed by atoms with E-state index in [0.29, 0.717) is 11.3 Å². The monoisotopic (exact) mass is 350 g/mol. The lowest BCUT2D eigenvalue weighted by molar-refractivity contribution is 0.102. The lowest BCUT2D eigenvalue weighted by atomic mass is 10.2. The van der Waals surface area contributed by atoms with Crippen molar-refractivity contribution in [3.63, 3.8) is 0 Å². The zero-order valence-corrected chi connectivity index (χ0v) is 13.2. The molecule has 0 atom stereocenters. The zero-order chi connectivity index (χ0) is 14.9. The summed E-state index contributed by atoms with van der Waals surface area (Å²) in [4.78, 5) is 15.6. The Hall–Kier alpha value is -1.15. The van der Waals surface area contributed by atoms with Gasteiger partial charge < -0.3 is 5.32 Å². The molecule has 1 aromatic heterocycles. The molecule has 1 heterocycles. The van der Waals surface area contributed by atoms with Gasteiger partial charge in [-0.2, -0.15) is 0 Å². The average Bonchev–Trinajstić information content (AvgIpc) is 2.85. The summed E-state index contributed by atoms with van der Waals surface area (Å²) in [6.45, 7) is 1.62. The molecule has 0 radical (unpaired) electrons. The first-order chi connectivity index (χ1) is 9.29. The van der Waals surface area contributed by atoms with E-state index in [4.69, 9.17) is 22.3 Å². The molecular weight excluding hydrogens is 343 g/mol. The van der Waals surface area contributed by atoms with E-state index in [-0.39, 0.29) is 15.6 Å². The molecule has 0 unspecified atom stereocenters. The molecule has 0 fully saturated rings. The lowest BCUT2D eigenvalue weighted by Gasteiger charge is -2.10. The highest BCUT2D eigenvalue weighted by Gasteiger charge is 2.17. The van der Waals surface area contributed by atoms with Crippen LogP contribution in [-0.4, -0.2) is 19.3 Å². The number of carbonyl (C=O) groups is 1. The summed E-state index contributed by atoms with van der Waals surface area (Å²) in [6, 6.07) is 2.53. The standard InChI is InChI=1S/C11H8Cl2N2O3S2/c1-6-2-7(20(13,17)18)3-8(12)10(6)15-11(16)9-4-19-5-14-9/h2-5H,1H3,(H,15,16). The molecule has 2 aromatic rings. The second-order valence-electron chi connectivity index (χ2n) is 3.86. The molecule has 20 heavy (non-hydrogen) atoms. The Bertz CT molecular complexity index is 735. The van der Waals surface area contributed by atoms with Crippen molar-refractivity contribution in [3.8, 4) is 0 Å². The van der Waals surface area contributed by atoms with Gasteiger partial charge in [-0.25, -0.2) is 13.4 Å². The predicted octanol–water partition coefficient (Wildman–Crippen LogP) is 3.28. The van der Waals surface area contributed by atoms with Crippen molar-refractivity contribution in [1.29, 1.82) is 0 Å². The van der Waals surface area contributed by atoms with E-state index >= 15 is 0 Å². The first-order valence-electron chi connectivity index (χ1n) is 5.23. The smallest absolute Gasteiger partial charge is 0.275 e. The molecule has 2 rings (SSSR count). The number of benzene rings is 1. The summed E-state index contributed by atoms with van der Waals surface area (Å²) in [5.74, 6) is -0.419. The van der Waals surface area contributed by atoms with Crippen LogP contribution in [0, 0.1) is 6.92 Å². The van der Waals surface area contributed by atoms with E-state index in [2.05, 4.69) is 10.3 Å². The minimum absolute atomic E-state index is 0.0906. The van der Waals surface area contributed by atoms with Gasteiger partial charge in [-0.3, -0.25) is 4.79 Å². The van der Waals surface area contributed by atoms with Gasteiger partial charge in [0.25, 0.3) is 15.0 Å². The minimum atomic E-state index is -3.87. The van der Waals surface area contributed by atoms with Gasteiger partial charge in [0, 0.05) is 16.1 Å². The molecular formula is C11H8Cl2N2O3S2. The second-order valence-corrected chi connectivity index (χ2v) is 7.55. The molecule has 5 nitrogen and oxygen atoms in total. The van der Waals surface area contributed by atoms with Gasteiger partial charge in [-0.05, 0) is 24.6 Å². The summed E-state index contributed by atoms with van der Waals surface area (Å²) in [5, 5.41) is 4.28. The van der Waals surface area contributed by atoms with Gasteiger partial charge >= 0.3 is 0 Å². The Morgan fingerprint density at radius 1 is 1.40 bits per heavy atom. The molecule has 106 valence electrons. The van der Waals surface area contributed by atoms with Crippen LogP contribution in [0.5, 0.6) is 0 Å². The van der Waals surface area contributed by atoms with Crippen LogP contribution in [0.3, 0.4) is 0 Å². The van der Waals surface area contributed by atoms with E-state index in [0.717, 1.165) is 0 Å². The van der Waals surface area contributed by atoms with Gasteiger partial charge in [0.2, 0.25) is 0 Å². The average molecular weight is 351 g/mol. The Labute approximate surface area is 129 Å². The van der Waals surface area contributed by atoms with Gasteiger partial charge in [0.05, 0.1) is 21.1 Å². The number of amides is 1. The molecule has 0 bridgehead atoms. The molecule has 0 saturated carbocycles. The molecule has 0 spiro atoms. The third-order valence-corrected chi connectivity index (χ3v) is 4.66. The van der Waals surface area contributed by atoms with E-state index in [1.54, 1.807) is 12.3 Å². The van der Waals surface area contributed by atoms with E-state index in [1.807, 2.05) is 0 Å².